The first-order valence-electron chi connectivity index (χ1n) is 9.51. The molecule has 0 radical (unpaired) electrons. The highest BCUT2D eigenvalue weighted by Gasteiger charge is 2.13. The predicted octanol–water partition coefficient (Wildman–Crippen LogP) is 4.85. The van der Waals surface area contributed by atoms with E-state index in [1.165, 1.54) is 6.92 Å². The van der Waals surface area contributed by atoms with E-state index in [0.717, 1.165) is 23.2 Å². The number of anilines is 3. The Labute approximate surface area is 170 Å². The molecule has 0 aliphatic rings. The molecule has 6 nitrogen and oxygen atoms in total. The minimum Gasteiger partial charge on any atom is -0.324 e. The SMILES string of the molecule is CCc1cccc(C)c1Nc1nc(C)cc(C(=O)Nc2ccc(C(C)=O)cc2)n1. The summed E-state index contributed by atoms with van der Waals surface area (Å²) in [7, 11) is 0. The lowest BCUT2D eigenvalue weighted by atomic mass is 10.1. The van der Waals surface area contributed by atoms with Crippen molar-refractivity contribution in [1.29, 1.82) is 0 Å². The maximum atomic E-state index is 12.7. The third kappa shape index (κ3) is 4.85. The van der Waals surface area contributed by atoms with Crippen LogP contribution in [0.5, 0.6) is 0 Å². The summed E-state index contributed by atoms with van der Waals surface area (Å²) in [5, 5.41) is 6.08. The van der Waals surface area contributed by atoms with Crippen molar-refractivity contribution in [3.63, 3.8) is 0 Å². The highest BCUT2D eigenvalue weighted by molar-refractivity contribution is 6.03. The van der Waals surface area contributed by atoms with E-state index in [-0.39, 0.29) is 17.4 Å². The molecule has 3 rings (SSSR count). The van der Waals surface area contributed by atoms with E-state index >= 15 is 0 Å². The maximum Gasteiger partial charge on any atom is 0.274 e. The lowest BCUT2D eigenvalue weighted by Gasteiger charge is -2.14. The largest absolute Gasteiger partial charge is 0.324 e. The molecule has 0 saturated carbocycles. The van der Waals surface area contributed by atoms with Gasteiger partial charge in [0.2, 0.25) is 5.95 Å². The molecule has 0 aliphatic carbocycles. The molecule has 148 valence electrons. The molecule has 0 spiro atoms. The van der Waals surface area contributed by atoms with Gasteiger partial charge >= 0.3 is 0 Å². The van der Waals surface area contributed by atoms with Gasteiger partial charge < -0.3 is 10.6 Å². The Morgan fingerprint density at radius 2 is 1.72 bits per heavy atom. The fourth-order valence-corrected chi connectivity index (χ4v) is 3.04. The molecule has 0 unspecified atom stereocenters. The van der Waals surface area contributed by atoms with Gasteiger partial charge in [-0.2, -0.15) is 0 Å². The van der Waals surface area contributed by atoms with Crippen molar-refractivity contribution in [2.24, 2.45) is 0 Å². The number of benzene rings is 2. The van der Waals surface area contributed by atoms with E-state index in [0.29, 0.717) is 22.9 Å². The van der Waals surface area contributed by atoms with E-state index in [2.05, 4.69) is 33.6 Å². The van der Waals surface area contributed by atoms with Crippen LogP contribution in [-0.4, -0.2) is 21.7 Å². The highest BCUT2D eigenvalue weighted by atomic mass is 16.2. The van der Waals surface area contributed by atoms with E-state index in [1.807, 2.05) is 26.0 Å². The Kier molecular flexibility index (Phi) is 6.02. The molecule has 6 heteroatoms. The Bertz CT molecular complexity index is 1060. The standard InChI is InChI=1S/C23H24N4O2/c1-5-17-8-6-7-14(2)21(17)27-23-24-15(3)13-20(26-23)22(29)25-19-11-9-18(10-12-19)16(4)28/h6-13H,5H2,1-4H3,(H,25,29)(H,24,26,27). The Hall–Kier alpha value is -3.54. The second-order valence-corrected chi connectivity index (χ2v) is 6.89. The monoisotopic (exact) mass is 388 g/mol. The molecule has 0 aliphatic heterocycles. The van der Waals surface area contributed by atoms with Gasteiger partial charge in [0, 0.05) is 22.6 Å². The lowest BCUT2D eigenvalue weighted by molar-refractivity contribution is 0.101. The van der Waals surface area contributed by atoms with Crippen LogP contribution < -0.4 is 10.6 Å². The summed E-state index contributed by atoms with van der Waals surface area (Å²) >= 11 is 0. The van der Waals surface area contributed by atoms with Gasteiger partial charge in [-0.15, -0.1) is 0 Å². The molecule has 29 heavy (non-hydrogen) atoms. The number of aromatic nitrogens is 2. The van der Waals surface area contributed by atoms with Crippen LogP contribution in [-0.2, 0) is 6.42 Å². The number of nitrogens with zero attached hydrogens (tertiary/aromatic N) is 2. The van der Waals surface area contributed by atoms with E-state index in [1.54, 1.807) is 30.3 Å². The van der Waals surface area contributed by atoms with Crippen molar-refractivity contribution in [2.75, 3.05) is 10.6 Å². The van der Waals surface area contributed by atoms with Crippen LogP contribution in [0, 0.1) is 13.8 Å². The number of ketones is 1. The Balaban J connectivity index is 1.83. The van der Waals surface area contributed by atoms with Crippen LogP contribution >= 0.6 is 0 Å². The van der Waals surface area contributed by atoms with Crippen molar-refractivity contribution >= 4 is 29.0 Å². The number of carbonyl (C=O) groups is 2. The molecule has 2 aromatic carbocycles. The summed E-state index contributed by atoms with van der Waals surface area (Å²) in [6.45, 7) is 7.44. The minimum atomic E-state index is -0.338. The lowest BCUT2D eigenvalue weighted by Crippen LogP contribution is -2.16. The van der Waals surface area contributed by atoms with Crippen LogP contribution in [0.2, 0.25) is 0 Å². The molecule has 0 bridgehead atoms. The van der Waals surface area contributed by atoms with Crippen LogP contribution in [0.15, 0.2) is 48.5 Å². The van der Waals surface area contributed by atoms with Gasteiger partial charge in [0.25, 0.3) is 5.91 Å². The quantitative estimate of drug-likeness (QED) is 0.590. The maximum absolute atomic E-state index is 12.7. The zero-order valence-corrected chi connectivity index (χ0v) is 17.0. The minimum absolute atomic E-state index is 0.0207. The summed E-state index contributed by atoms with van der Waals surface area (Å²) < 4.78 is 0. The molecule has 0 saturated heterocycles. The smallest absolute Gasteiger partial charge is 0.274 e. The number of hydrogen-bond acceptors (Lipinski definition) is 5. The normalized spacial score (nSPS) is 10.5. The third-order valence-electron chi connectivity index (χ3n) is 4.61. The predicted molar refractivity (Wildman–Crippen MR) is 115 cm³/mol. The number of aryl methyl sites for hydroxylation is 3. The molecular formula is C23H24N4O2. The summed E-state index contributed by atoms with van der Waals surface area (Å²) in [6.07, 6.45) is 0.874. The number of amides is 1. The van der Waals surface area contributed by atoms with Crippen molar-refractivity contribution in [3.8, 4) is 0 Å². The van der Waals surface area contributed by atoms with Gasteiger partial charge in [0.15, 0.2) is 5.78 Å². The van der Waals surface area contributed by atoms with Crippen molar-refractivity contribution in [2.45, 2.75) is 34.1 Å². The molecule has 2 N–H and O–H groups in total. The van der Waals surface area contributed by atoms with E-state index in [4.69, 9.17) is 0 Å². The second kappa shape index (κ2) is 8.65. The van der Waals surface area contributed by atoms with Crippen LogP contribution in [0.4, 0.5) is 17.3 Å². The van der Waals surface area contributed by atoms with Crippen molar-refractivity contribution < 1.29 is 9.59 Å². The number of hydrogen-bond donors (Lipinski definition) is 2. The Morgan fingerprint density at radius 3 is 2.38 bits per heavy atom. The molecule has 1 aromatic heterocycles. The van der Waals surface area contributed by atoms with Crippen molar-refractivity contribution in [1.82, 2.24) is 9.97 Å². The average Bonchev–Trinajstić information content (AvgIpc) is 2.69. The van der Waals surface area contributed by atoms with Gasteiger partial charge in [0.05, 0.1) is 0 Å². The van der Waals surface area contributed by atoms with Crippen LogP contribution in [0.3, 0.4) is 0 Å². The van der Waals surface area contributed by atoms with Gasteiger partial charge in [0.1, 0.15) is 5.69 Å². The molecule has 0 fully saturated rings. The fraction of sp³-hybridized carbons (Fsp3) is 0.217. The topological polar surface area (TPSA) is 84.0 Å². The fourth-order valence-electron chi connectivity index (χ4n) is 3.04. The first kappa shape index (κ1) is 20.2. The number of rotatable bonds is 6. The van der Waals surface area contributed by atoms with Gasteiger partial charge in [-0.25, -0.2) is 9.97 Å². The number of carbonyl (C=O) groups excluding carboxylic acids is 2. The summed E-state index contributed by atoms with van der Waals surface area (Å²) in [5.41, 5.74) is 5.35. The number of para-hydroxylation sites is 1. The summed E-state index contributed by atoms with van der Waals surface area (Å²) in [4.78, 5) is 32.9. The first-order chi connectivity index (χ1) is 13.9. The summed E-state index contributed by atoms with van der Waals surface area (Å²) in [5.74, 6) is 0.0216. The molecule has 3 aromatic rings. The molecule has 0 atom stereocenters. The van der Waals surface area contributed by atoms with Gasteiger partial charge in [-0.1, -0.05) is 25.1 Å². The van der Waals surface area contributed by atoms with Crippen molar-refractivity contribution in [3.05, 3.63) is 76.6 Å². The highest BCUT2D eigenvalue weighted by Crippen LogP contribution is 2.24. The van der Waals surface area contributed by atoms with Crippen LogP contribution in [0.25, 0.3) is 0 Å². The zero-order valence-electron chi connectivity index (χ0n) is 17.0. The van der Waals surface area contributed by atoms with Gasteiger partial charge in [-0.05, 0) is 68.7 Å². The third-order valence-corrected chi connectivity index (χ3v) is 4.61. The Morgan fingerprint density at radius 1 is 1.00 bits per heavy atom. The first-order valence-corrected chi connectivity index (χ1v) is 9.51. The molecule has 1 amide bonds. The summed E-state index contributed by atoms with van der Waals surface area (Å²) in [6, 6.07) is 14.5. The molecule has 1 heterocycles. The average molecular weight is 388 g/mol. The van der Waals surface area contributed by atoms with E-state index < -0.39 is 0 Å². The van der Waals surface area contributed by atoms with Crippen LogP contribution in [0.1, 0.15) is 51.5 Å². The molecular weight excluding hydrogens is 364 g/mol. The number of nitrogens with one attached hydrogen (secondary N) is 2. The zero-order chi connectivity index (χ0) is 21.0. The number of Topliss-reactive ketones (excluding diaryl/α,β-unsaturated/α-hetero) is 1. The van der Waals surface area contributed by atoms with Gasteiger partial charge in [-0.3, -0.25) is 9.59 Å². The van der Waals surface area contributed by atoms with E-state index in [9.17, 15) is 9.59 Å². The second-order valence-electron chi connectivity index (χ2n) is 6.89.